The summed E-state index contributed by atoms with van der Waals surface area (Å²) in [4.78, 5) is 10.7. The van der Waals surface area contributed by atoms with E-state index in [1.54, 1.807) is 0 Å². The first-order chi connectivity index (χ1) is 9.79. The van der Waals surface area contributed by atoms with Crippen LogP contribution >= 0.6 is 0 Å². The first kappa shape index (κ1) is 18.7. The first-order valence-electron chi connectivity index (χ1n) is 6.54. The van der Waals surface area contributed by atoms with Gasteiger partial charge in [0.2, 0.25) is 0 Å². The van der Waals surface area contributed by atoms with E-state index < -0.39 is 35.6 Å². The molecule has 0 fully saturated rings. The van der Waals surface area contributed by atoms with E-state index in [2.05, 4.69) is 0 Å². The Morgan fingerprint density at radius 2 is 1.73 bits per heavy atom. The number of hydrogen-bond donors (Lipinski definition) is 2. The van der Waals surface area contributed by atoms with Gasteiger partial charge in [-0.15, -0.1) is 0 Å². The lowest BCUT2D eigenvalue weighted by atomic mass is 9.75. The average molecular weight is 318 g/mol. The lowest BCUT2D eigenvalue weighted by Crippen LogP contribution is -2.53. The third-order valence-electron chi connectivity index (χ3n) is 3.67. The van der Waals surface area contributed by atoms with Crippen molar-refractivity contribution in [1.29, 1.82) is 0 Å². The minimum atomic E-state index is -4.72. The van der Waals surface area contributed by atoms with Crippen molar-refractivity contribution in [3.8, 4) is 0 Å². The molecule has 0 bridgehead atoms. The van der Waals surface area contributed by atoms with Crippen LogP contribution in [0.15, 0.2) is 18.2 Å². The molecular formula is C14H18BF3O4. The highest BCUT2D eigenvalue weighted by molar-refractivity contribution is 6.60. The molecule has 2 N–H and O–H groups in total. The summed E-state index contributed by atoms with van der Waals surface area (Å²) in [6, 6.07) is 2.80. The second-order valence-electron chi connectivity index (χ2n) is 6.00. The third-order valence-corrected chi connectivity index (χ3v) is 3.67. The van der Waals surface area contributed by atoms with Crippen LogP contribution in [0, 0.1) is 0 Å². The number of aliphatic hydroxyl groups is 1. The Kier molecular flexibility index (Phi) is 5.11. The quantitative estimate of drug-likeness (QED) is 0.641. The number of carbonyl (C=O) groups excluding carboxylic acids is 1. The van der Waals surface area contributed by atoms with Crippen LogP contribution in [0.2, 0.25) is 0 Å². The van der Waals surface area contributed by atoms with Crippen LogP contribution in [0.25, 0.3) is 0 Å². The summed E-state index contributed by atoms with van der Waals surface area (Å²) in [5, 5.41) is 19.9. The highest BCUT2D eigenvalue weighted by atomic mass is 19.4. The van der Waals surface area contributed by atoms with Crippen LogP contribution in [-0.2, 0) is 10.8 Å². The van der Waals surface area contributed by atoms with Crippen molar-refractivity contribution >= 4 is 18.9 Å². The van der Waals surface area contributed by atoms with Crippen molar-refractivity contribution in [2.75, 3.05) is 0 Å². The topological polar surface area (TPSA) is 66.8 Å². The zero-order valence-corrected chi connectivity index (χ0v) is 12.7. The van der Waals surface area contributed by atoms with Gasteiger partial charge in [-0.1, -0.05) is 12.1 Å². The van der Waals surface area contributed by atoms with E-state index in [1.165, 1.54) is 33.8 Å². The molecule has 0 saturated carbocycles. The molecule has 0 spiro atoms. The van der Waals surface area contributed by atoms with Gasteiger partial charge in [0.1, 0.15) is 0 Å². The maximum atomic E-state index is 12.9. The number of alkyl halides is 3. The Bertz CT molecular complexity index is 550. The maximum absolute atomic E-state index is 12.9. The number of aldehydes is 1. The van der Waals surface area contributed by atoms with E-state index >= 15 is 0 Å². The standard InChI is InChI=1S/C14H18BF3O4/c1-12(2,20)13(3,4)22-15(21)10-6-5-9(8-19)11(7-10)14(16,17)18/h5-8,20-21H,1-4H3. The van der Waals surface area contributed by atoms with Gasteiger partial charge in [-0.05, 0) is 39.2 Å². The van der Waals surface area contributed by atoms with Crippen molar-refractivity contribution in [1.82, 2.24) is 0 Å². The molecule has 0 heterocycles. The third kappa shape index (κ3) is 4.09. The minimum absolute atomic E-state index is 0.0978. The number of hydrogen-bond acceptors (Lipinski definition) is 4. The molecule has 0 aliphatic rings. The predicted molar refractivity (Wildman–Crippen MR) is 75.9 cm³/mol. The first-order valence-corrected chi connectivity index (χ1v) is 6.54. The van der Waals surface area contributed by atoms with Crippen molar-refractivity contribution in [2.45, 2.75) is 45.1 Å². The summed E-state index contributed by atoms with van der Waals surface area (Å²) < 4.78 is 43.9. The molecule has 1 rings (SSSR count). The number of rotatable bonds is 5. The van der Waals surface area contributed by atoms with Crippen LogP contribution < -0.4 is 5.46 Å². The molecule has 1 aromatic carbocycles. The van der Waals surface area contributed by atoms with Gasteiger partial charge in [0, 0.05) is 5.56 Å². The molecule has 0 saturated heterocycles. The fourth-order valence-corrected chi connectivity index (χ4v) is 1.57. The molecule has 8 heteroatoms. The van der Waals surface area contributed by atoms with Crippen LogP contribution in [-0.4, -0.2) is 34.7 Å². The normalized spacial score (nSPS) is 13.1. The minimum Gasteiger partial charge on any atom is -0.423 e. The second kappa shape index (κ2) is 6.02. The Balaban J connectivity index is 3.15. The summed E-state index contributed by atoms with van der Waals surface area (Å²) >= 11 is 0. The van der Waals surface area contributed by atoms with Crippen molar-refractivity contribution in [3.63, 3.8) is 0 Å². The number of carbonyl (C=O) groups is 1. The van der Waals surface area contributed by atoms with Crippen molar-refractivity contribution in [3.05, 3.63) is 29.3 Å². The highest BCUT2D eigenvalue weighted by Crippen LogP contribution is 2.31. The zero-order chi connectivity index (χ0) is 17.3. The van der Waals surface area contributed by atoms with Gasteiger partial charge >= 0.3 is 13.3 Å². The largest absolute Gasteiger partial charge is 0.491 e. The van der Waals surface area contributed by atoms with E-state index in [0.29, 0.717) is 6.07 Å². The Labute approximate surface area is 127 Å². The van der Waals surface area contributed by atoms with E-state index in [0.717, 1.165) is 6.07 Å². The van der Waals surface area contributed by atoms with Crippen LogP contribution in [0.4, 0.5) is 13.2 Å². The molecule has 4 nitrogen and oxygen atoms in total. The molecule has 122 valence electrons. The average Bonchev–Trinajstić information content (AvgIpc) is 2.35. The van der Waals surface area contributed by atoms with Gasteiger partial charge in [-0.3, -0.25) is 4.79 Å². The van der Waals surface area contributed by atoms with Gasteiger partial charge in [-0.25, -0.2) is 0 Å². The molecule has 0 unspecified atom stereocenters. The SMILES string of the molecule is CC(C)(O)C(C)(C)OB(O)c1ccc(C=O)c(C(F)(F)F)c1. The Hall–Kier alpha value is -1.38. The monoisotopic (exact) mass is 318 g/mol. The molecule has 0 radical (unpaired) electrons. The van der Waals surface area contributed by atoms with Gasteiger partial charge in [0.15, 0.2) is 6.29 Å². The van der Waals surface area contributed by atoms with E-state index in [1.807, 2.05) is 0 Å². The number of benzene rings is 1. The van der Waals surface area contributed by atoms with Gasteiger partial charge in [0.05, 0.1) is 16.8 Å². The van der Waals surface area contributed by atoms with Crippen molar-refractivity contribution < 1.29 is 32.8 Å². The molecule has 0 atom stereocenters. The van der Waals surface area contributed by atoms with Gasteiger partial charge in [0.25, 0.3) is 0 Å². The predicted octanol–water partition coefficient (Wildman–Crippen LogP) is 1.77. The summed E-state index contributed by atoms with van der Waals surface area (Å²) in [6.07, 6.45) is -4.63. The molecule has 22 heavy (non-hydrogen) atoms. The molecule has 1 aromatic rings. The fourth-order valence-electron chi connectivity index (χ4n) is 1.57. The Morgan fingerprint density at radius 1 is 1.18 bits per heavy atom. The second-order valence-corrected chi connectivity index (χ2v) is 6.00. The van der Waals surface area contributed by atoms with Crippen LogP contribution in [0.5, 0.6) is 0 Å². The van der Waals surface area contributed by atoms with Crippen LogP contribution in [0.1, 0.15) is 43.6 Å². The molecule has 0 aromatic heterocycles. The molecule has 0 amide bonds. The Morgan fingerprint density at radius 3 is 2.14 bits per heavy atom. The summed E-state index contributed by atoms with van der Waals surface area (Å²) in [6.45, 7) is 5.91. The number of halogens is 3. The fraction of sp³-hybridized carbons (Fsp3) is 0.500. The zero-order valence-electron chi connectivity index (χ0n) is 12.7. The highest BCUT2D eigenvalue weighted by Gasteiger charge is 2.40. The van der Waals surface area contributed by atoms with Gasteiger partial charge in [-0.2, -0.15) is 13.2 Å². The van der Waals surface area contributed by atoms with E-state index in [4.69, 9.17) is 4.65 Å². The summed E-state index contributed by atoms with van der Waals surface area (Å²) in [5.41, 5.74) is -4.37. The van der Waals surface area contributed by atoms with E-state index in [9.17, 15) is 28.1 Å². The molecule has 0 aliphatic carbocycles. The van der Waals surface area contributed by atoms with Gasteiger partial charge < -0.3 is 14.8 Å². The summed E-state index contributed by atoms with van der Waals surface area (Å²) in [5.74, 6) is 0. The van der Waals surface area contributed by atoms with Crippen molar-refractivity contribution in [2.24, 2.45) is 0 Å². The summed E-state index contributed by atoms with van der Waals surface area (Å²) in [7, 11) is -1.68. The van der Waals surface area contributed by atoms with Crippen LogP contribution in [0.3, 0.4) is 0 Å². The maximum Gasteiger partial charge on any atom is 0.491 e. The lowest BCUT2D eigenvalue weighted by molar-refractivity contribution is -0.137. The molecule has 0 aliphatic heterocycles. The lowest BCUT2D eigenvalue weighted by Gasteiger charge is -2.38. The smallest absolute Gasteiger partial charge is 0.423 e. The molecular weight excluding hydrogens is 300 g/mol. The van der Waals surface area contributed by atoms with E-state index in [-0.39, 0.29) is 11.7 Å².